The number of oxazole rings is 1. The molecule has 16 heteroatoms. The van der Waals surface area contributed by atoms with Crippen LogP contribution in [0.25, 0.3) is 34.2 Å². The molecule has 1 aliphatic heterocycles. The highest BCUT2D eigenvalue weighted by Crippen LogP contribution is 2.35. The van der Waals surface area contributed by atoms with Crippen LogP contribution in [0.3, 0.4) is 0 Å². The van der Waals surface area contributed by atoms with E-state index >= 15 is 0 Å². The Kier molecular flexibility index (Phi) is 11.4. The van der Waals surface area contributed by atoms with Crippen LogP contribution in [0, 0.1) is 0 Å². The normalized spacial score (nSPS) is 14.7. The molecular weight excluding hydrogens is 731 g/mol. The number of nitrogens with one attached hydrogen (secondary N) is 5. The zero-order valence-electron chi connectivity index (χ0n) is 31.4. The number of carbonyl (C=O) groups excluding carboxylic acids is 4. The molecule has 7 rings (SSSR count). The van der Waals surface area contributed by atoms with Crippen molar-refractivity contribution in [1.29, 1.82) is 0 Å². The highest BCUT2D eigenvalue weighted by molar-refractivity contribution is 5.88. The van der Waals surface area contributed by atoms with Gasteiger partial charge in [0.25, 0.3) is 5.91 Å². The summed E-state index contributed by atoms with van der Waals surface area (Å²) in [6, 6.07) is 22.8. The second-order valence-corrected chi connectivity index (χ2v) is 13.4. The summed E-state index contributed by atoms with van der Waals surface area (Å²) in [5.74, 6) is 1.42. The van der Waals surface area contributed by atoms with Crippen LogP contribution in [0.5, 0.6) is 0 Å². The highest BCUT2D eigenvalue weighted by atomic mass is 16.6. The van der Waals surface area contributed by atoms with Crippen molar-refractivity contribution in [2.45, 2.75) is 44.4 Å². The molecule has 0 aliphatic carbocycles. The van der Waals surface area contributed by atoms with Crippen LogP contribution in [0.4, 0.5) is 15.3 Å². The van der Waals surface area contributed by atoms with E-state index in [1.807, 2.05) is 37.3 Å². The zero-order valence-corrected chi connectivity index (χ0v) is 31.4. The molecule has 5 N–H and O–H groups in total. The molecule has 3 atom stereocenters. The minimum Gasteiger partial charge on any atom is -0.453 e. The molecule has 6 aromatic rings. The van der Waals surface area contributed by atoms with Gasteiger partial charge >= 0.3 is 12.2 Å². The summed E-state index contributed by atoms with van der Waals surface area (Å²) in [4.78, 5) is 72.6. The zero-order chi connectivity index (χ0) is 39.9. The summed E-state index contributed by atoms with van der Waals surface area (Å²) in [6.45, 7) is 2.31. The Bertz CT molecular complexity index is 2370. The smallest absolute Gasteiger partial charge is 0.411 e. The number of amides is 4. The van der Waals surface area contributed by atoms with Gasteiger partial charge < -0.3 is 39.4 Å². The lowest BCUT2D eigenvalue weighted by Gasteiger charge is -2.27. The van der Waals surface area contributed by atoms with Crippen molar-refractivity contribution in [3.8, 4) is 34.2 Å². The van der Waals surface area contributed by atoms with E-state index in [-0.39, 0.29) is 24.3 Å². The standard InChI is InChI=1S/C41H41N9O7/c1-24(46-34(51)20-27-13-7-8-16-29(27)49-41(54)55-3)36-43-21-30(47-36)26-14-9-15-28(19-26)33-23-45-38(56-33)31-22-44-37(48-31)32-17-10-18-50(32)39(52)35(57-40(53)42-2)25-11-5-4-6-12-25/h4-9,11-16,19,21-24,32,35H,10,17-18,20H2,1-3H3,(H,42,53)(H,43,47)(H,44,48)(H,46,51)(H,49,54)/t24-,32-,35+/m0/s1. The lowest BCUT2D eigenvalue weighted by Crippen LogP contribution is -2.38. The van der Waals surface area contributed by atoms with Crippen molar-refractivity contribution >= 4 is 29.7 Å². The van der Waals surface area contributed by atoms with E-state index in [2.05, 4.69) is 45.6 Å². The van der Waals surface area contributed by atoms with Crippen LogP contribution in [-0.2, 0) is 25.5 Å². The monoisotopic (exact) mass is 771 g/mol. The topological polar surface area (TPSA) is 209 Å². The number of H-pyrrole nitrogens is 2. The number of rotatable bonds is 12. The maximum Gasteiger partial charge on any atom is 0.411 e. The van der Waals surface area contributed by atoms with Crippen molar-refractivity contribution in [3.63, 3.8) is 0 Å². The maximum atomic E-state index is 13.8. The first-order valence-electron chi connectivity index (χ1n) is 18.3. The number of imidazole rings is 2. The summed E-state index contributed by atoms with van der Waals surface area (Å²) in [7, 11) is 2.72. The number of hydrogen-bond donors (Lipinski definition) is 5. The van der Waals surface area contributed by atoms with Crippen molar-refractivity contribution in [2.75, 3.05) is 26.0 Å². The number of aromatic amines is 2. The Hall–Kier alpha value is -7.23. The number of carbonyl (C=O) groups is 4. The fourth-order valence-corrected chi connectivity index (χ4v) is 6.70. The van der Waals surface area contributed by atoms with Gasteiger partial charge in [0.2, 0.25) is 17.9 Å². The van der Waals surface area contributed by atoms with Crippen molar-refractivity contribution in [1.82, 2.24) is 40.5 Å². The number of para-hydroxylation sites is 1. The lowest BCUT2D eigenvalue weighted by molar-refractivity contribution is -0.141. The first-order valence-corrected chi connectivity index (χ1v) is 18.3. The lowest BCUT2D eigenvalue weighted by atomic mass is 10.1. The van der Waals surface area contributed by atoms with E-state index in [1.165, 1.54) is 14.2 Å². The van der Waals surface area contributed by atoms with Crippen molar-refractivity contribution in [3.05, 3.63) is 120 Å². The molecule has 3 aromatic carbocycles. The highest BCUT2D eigenvalue weighted by Gasteiger charge is 2.38. The number of anilines is 1. The molecule has 0 saturated carbocycles. The second kappa shape index (κ2) is 17.1. The quantitative estimate of drug-likeness (QED) is 0.0914. The van der Waals surface area contributed by atoms with Gasteiger partial charge in [-0.05, 0) is 37.5 Å². The van der Waals surface area contributed by atoms with Crippen molar-refractivity contribution < 1.29 is 33.1 Å². The average Bonchev–Trinajstić information content (AvgIpc) is 4.07. The fourth-order valence-electron chi connectivity index (χ4n) is 6.70. The summed E-state index contributed by atoms with van der Waals surface area (Å²) in [5.41, 5.74) is 4.62. The number of benzene rings is 3. The summed E-state index contributed by atoms with van der Waals surface area (Å²) in [5, 5.41) is 8.01. The number of ether oxygens (including phenoxy) is 2. The molecule has 1 saturated heterocycles. The molecular formula is C41H41N9O7. The van der Waals surface area contributed by atoms with E-state index in [1.54, 1.807) is 72.0 Å². The minimum absolute atomic E-state index is 0.0445. The Morgan fingerprint density at radius 2 is 1.67 bits per heavy atom. The molecule has 0 spiro atoms. The minimum atomic E-state index is -1.11. The predicted octanol–water partition coefficient (Wildman–Crippen LogP) is 6.48. The van der Waals surface area contributed by atoms with Crippen LogP contribution >= 0.6 is 0 Å². The number of likely N-dealkylation sites (tertiary alicyclic amines) is 1. The first-order chi connectivity index (χ1) is 27.7. The van der Waals surface area contributed by atoms with Gasteiger partial charge in [-0.1, -0.05) is 66.7 Å². The third-order valence-corrected chi connectivity index (χ3v) is 9.57. The molecule has 0 unspecified atom stereocenters. The van der Waals surface area contributed by atoms with E-state index in [0.29, 0.717) is 58.8 Å². The maximum absolute atomic E-state index is 13.8. The molecule has 1 aliphatic rings. The van der Waals surface area contributed by atoms with Crippen LogP contribution in [-0.4, -0.2) is 74.5 Å². The number of nitrogens with zero attached hydrogens (tertiary/aromatic N) is 4. The number of hydrogen-bond acceptors (Lipinski definition) is 10. The molecule has 57 heavy (non-hydrogen) atoms. The van der Waals surface area contributed by atoms with Gasteiger partial charge in [-0.15, -0.1) is 0 Å². The molecule has 292 valence electrons. The fraction of sp³-hybridized carbons (Fsp3) is 0.244. The molecule has 1 fully saturated rings. The average molecular weight is 772 g/mol. The van der Waals surface area contributed by atoms with Gasteiger partial charge in [-0.2, -0.15) is 0 Å². The summed E-state index contributed by atoms with van der Waals surface area (Å²) >= 11 is 0. The third kappa shape index (κ3) is 8.69. The number of alkyl carbamates (subject to hydrolysis) is 1. The summed E-state index contributed by atoms with van der Waals surface area (Å²) in [6.07, 6.45) is 4.01. The van der Waals surface area contributed by atoms with E-state index in [4.69, 9.17) is 9.15 Å². The molecule has 3 aromatic heterocycles. The van der Waals surface area contributed by atoms with Gasteiger partial charge in [-0.25, -0.2) is 24.5 Å². The van der Waals surface area contributed by atoms with Gasteiger partial charge in [0, 0.05) is 36.0 Å². The van der Waals surface area contributed by atoms with Gasteiger partial charge in [0.1, 0.15) is 17.3 Å². The largest absolute Gasteiger partial charge is 0.453 e. The van der Waals surface area contributed by atoms with Crippen LogP contribution in [0.1, 0.15) is 60.7 Å². The first kappa shape index (κ1) is 38.1. The Morgan fingerprint density at radius 1 is 0.895 bits per heavy atom. The Labute approximate surface area is 327 Å². The molecule has 0 bridgehead atoms. The van der Waals surface area contributed by atoms with Crippen molar-refractivity contribution in [2.24, 2.45) is 0 Å². The van der Waals surface area contributed by atoms with Gasteiger partial charge in [-0.3, -0.25) is 14.9 Å². The third-order valence-electron chi connectivity index (χ3n) is 9.57. The summed E-state index contributed by atoms with van der Waals surface area (Å²) < 4.78 is 16.4. The second-order valence-electron chi connectivity index (χ2n) is 13.4. The predicted molar refractivity (Wildman–Crippen MR) is 208 cm³/mol. The van der Waals surface area contributed by atoms with Crippen LogP contribution in [0.15, 0.2) is 102 Å². The number of aromatic nitrogens is 5. The Morgan fingerprint density at radius 3 is 2.47 bits per heavy atom. The molecule has 4 heterocycles. The molecule has 16 nitrogen and oxygen atoms in total. The Balaban J connectivity index is 1.01. The van der Waals surface area contributed by atoms with E-state index in [0.717, 1.165) is 23.2 Å². The van der Waals surface area contributed by atoms with Crippen LogP contribution < -0.4 is 16.0 Å². The molecule has 0 radical (unpaired) electrons. The van der Waals surface area contributed by atoms with Gasteiger partial charge in [0.05, 0.1) is 49.9 Å². The van der Waals surface area contributed by atoms with E-state index < -0.39 is 24.3 Å². The number of methoxy groups -OCH3 is 1. The molecule has 4 amide bonds. The van der Waals surface area contributed by atoms with E-state index in [9.17, 15) is 19.2 Å². The van der Waals surface area contributed by atoms with Crippen LogP contribution in [0.2, 0.25) is 0 Å². The van der Waals surface area contributed by atoms with Gasteiger partial charge in [0.15, 0.2) is 5.76 Å². The SMILES string of the molecule is CNC(=O)O[C@@H](C(=O)N1CCC[C@H]1c1ncc(-c2ncc(-c3cccc(-c4cnc([C@H](C)NC(=O)Cc5ccccc5NC(=O)OC)[nH]4)c3)o2)[nH]1)c1ccccc1.